The van der Waals surface area contributed by atoms with E-state index in [4.69, 9.17) is 0 Å². The summed E-state index contributed by atoms with van der Waals surface area (Å²) in [7, 11) is 1.33. The van der Waals surface area contributed by atoms with Crippen LogP contribution in [0.5, 0.6) is 0 Å². The van der Waals surface area contributed by atoms with E-state index in [0.29, 0.717) is 10.6 Å². The normalized spacial score (nSPS) is 22.8. The summed E-state index contributed by atoms with van der Waals surface area (Å²) in [6.07, 6.45) is 1.79. The summed E-state index contributed by atoms with van der Waals surface area (Å²) in [5.41, 5.74) is -0.0261. The number of nitrogens with one attached hydrogen (secondary N) is 2. The number of hydrogen-bond donors (Lipinski definition) is 2. The van der Waals surface area contributed by atoms with Crippen molar-refractivity contribution in [2.45, 2.75) is 25.3 Å². The van der Waals surface area contributed by atoms with E-state index in [2.05, 4.69) is 15.4 Å². The number of thiophene rings is 1. The Morgan fingerprint density at radius 1 is 1.56 bits per heavy atom. The number of hydrogen-bond acceptors (Lipinski definition) is 5. The van der Waals surface area contributed by atoms with E-state index in [1.165, 1.54) is 18.4 Å². The lowest BCUT2D eigenvalue weighted by Gasteiger charge is -2.22. The Morgan fingerprint density at radius 3 is 2.94 bits per heavy atom. The molecule has 0 radical (unpaired) electrons. The van der Waals surface area contributed by atoms with Crippen molar-refractivity contribution in [3.05, 3.63) is 16.3 Å². The topological polar surface area (TPSA) is 67.4 Å². The lowest BCUT2D eigenvalue weighted by molar-refractivity contribution is -0.121. The molecule has 98 valence electrons. The maximum atomic E-state index is 12.2. The zero-order valence-corrected chi connectivity index (χ0v) is 11.2. The highest BCUT2D eigenvalue weighted by molar-refractivity contribution is 7.12. The van der Waals surface area contributed by atoms with Gasteiger partial charge in [0.2, 0.25) is 5.91 Å². The molecule has 1 aromatic rings. The van der Waals surface area contributed by atoms with Crippen LogP contribution in [0, 0.1) is 0 Å². The lowest BCUT2D eigenvalue weighted by atomic mass is 9.99. The molecule has 1 aromatic heterocycles. The second kappa shape index (κ2) is 5.07. The monoisotopic (exact) mass is 268 g/mol. The smallest absolute Gasteiger partial charge is 0.350 e. The van der Waals surface area contributed by atoms with Crippen molar-refractivity contribution < 1.29 is 14.3 Å². The molecule has 1 unspecified atom stereocenters. The molecular formula is C12H16N2O3S. The molecule has 1 amide bonds. The van der Waals surface area contributed by atoms with Crippen LogP contribution in [0.2, 0.25) is 0 Å². The van der Waals surface area contributed by atoms with Crippen LogP contribution in [0.1, 0.15) is 29.4 Å². The van der Waals surface area contributed by atoms with Crippen LogP contribution in [0.25, 0.3) is 0 Å². The fraction of sp³-hybridized carbons (Fsp3) is 0.500. The summed E-state index contributed by atoms with van der Waals surface area (Å²) in [6.45, 7) is 2.72. The number of carbonyl (C=O) groups excluding carboxylic acids is 2. The van der Waals surface area contributed by atoms with Crippen LogP contribution in [0.15, 0.2) is 11.4 Å². The number of methoxy groups -OCH3 is 1. The molecule has 1 saturated heterocycles. The number of ether oxygens (including phenoxy) is 1. The molecule has 6 heteroatoms. The molecule has 0 spiro atoms. The van der Waals surface area contributed by atoms with Gasteiger partial charge in [-0.05, 0) is 37.8 Å². The summed E-state index contributed by atoms with van der Waals surface area (Å²) in [4.78, 5) is 24.1. The van der Waals surface area contributed by atoms with E-state index in [-0.39, 0.29) is 5.91 Å². The van der Waals surface area contributed by atoms with Crippen molar-refractivity contribution in [3.63, 3.8) is 0 Å². The number of amides is 1. The molecule has 18 heavy (non-hydrogen) atoms. The molecule has 1 aliphatic heterocycles. The summed E-state index contributed by atoms with van der Waals surface area (Å²) in [6, 6.07) is 1.72. The number of esters is 1. The third-order valence-electron chi connectivity index (χ3n) is 3.15. The van der Waals surface area contributed by atoms with Crippen LogP contribution >= 0.6 is 11.3 Å². The van der Waals surface area contributed by atoms with E-state index in [1.54, 1.807) is 11.4 Å². The Labute approximate surface area is 110 Å². The van der Waals surface area contributed by atoms with E-state index in [1.807, 2.05) is 6.92 Å². The van der Waals surface area contributed by atoms with Gasteiger partial charge in [0.15, 0.2) is 0 Å². The van der Waals surface area contributed by atoms with Gasteiger partial charge in [0.25, 0.3) is 0 Å². The molecule has 5 nitrogen and oxygen atoms in total. The maximum absolute atomic E-state index is 12.2. The number of anilines is 1. The third kappa shape index (κ3) is 2.39. The summed E-state index contributed by atoms with van der Waals surface area (Å²) < 4.78 is 4.67. The molecule has 1 aliphatic rings. The number of rotatable bonds is 3. The van der Waals surface area contributed by atoms with Gasteiger partial charge in [0.05, 0.1) is 18.3 Å². The van der Waals surface area contributed by atoms with Gasteiger partial charge in [-0.3, -0.25) is 4.79 Å². The first-order valence-electron chi connectivity index (χ1n) is 5.79. The molecule has 0 bridgehead atoms. The van der Waals surface area contributed by atoms with Gasteiger partial charge in [0.1, 0.15) is 4.88 Å². The van der Waals surface area contributed by atoms with E-state index in [9.17, 15) is 9.59 Å². The van der Waals surface area contributed by atoms with Crippen molar-refractivity contribution in [3.8, 4) is 0 Å². The summed E-state index contributed by atoms with van der Waals surface area (Å²) in [5.74, 6) is -0.534. The van der Waals surface area contributed by atoms with Gasteiger partial charge >= 0.3 is 5.97 Å². The van der Waals surface area contributed by atoms with Crippen LogP contribution < -0.4 is 10.6 Å². The average molecular weight is 268 g/mol. The predicted octanol–water partition coefficient (Wildman–Crippen LogP) is 1.62. The lowest BCUT2D eigenvalue weighted by Crippen LogP contribution is -2.48. The molecule has 2 heterocycles. The highest BCUT2D eigenvalue weighted by Crippen LogP contribution is 2.26. The van der Waals surface area contributed by atoms with Crippen LogP contribution in [-0.2, 0) is 9.53 Å². The first-order valence-corrected chi connectivity index (χ1v) is 6.67. The molecule has 2 rings (SSSR count). The van der Waals surface area contributed by atoms with E-state index < -0.39 is 11.5 Å². The fourth-order valence-corrected chi connectivity index (χ4v) is 2.77. The molecule has 1 fully saturated rings. The highest BCUT2D eigenvalue weighted by atomic mass is 32.1. The second-order valence-corrected chi connectivity index (χ2v) is 5.39. The molecule has 1 atom stereocenters. The summed E-state index contributed by atoms with van der Waals surface area (Å²) in [5, 5.41) is 7.74. The molecule has 0 saturated carbocycles. The van der Waals surface area contributed by atoms with E-state index in [0.717, 1.165) is 19.4 Å². The highest BCUT2D eigenvalue weighted by Gasteiger charge is 2.36. The first kappa shape index (κ1) is 13.0. The molecular weight excluding hydrogens is 252 g/mol. The zero-order chi connectivity index (χ0) is 13.2. The third-order valence-corrected chi connectivity index (χ3v) is 4.05. The zero-order valence-electron chi connectivity index (χ0n) is 10.4. The minimum Gasteiger partial charge on any atom is -0.465 e. The summed E-state index contributed by atoms with van der Waals surface area (Å²) >= 11 is 1.26. The van der Waals surface area contributed by atoms with Crippen molar-refractivity contribution in [2.75, 3.05) is 19.0 Å². The molecule has 2 N–H and O–H groups in total. The van der Waals surface area contributed by atoms with E-state index >= 15 is 0 Å². The SMILES string of the molecule is COC(=O)c1sccc1NC(=O)C1(C)CCCN1. The van der Waals surface area contributed by atoms with Gasteiger partial charge in [0, 0.05) is 0 Å². The Balaban J connectivity index is 2.12. The Morgan fingerprint density at radius 2 is 2.33 bits per heavy atom. The van der Waals surface area contributed by atoms with Gasteiger partial charge in [-0.1, -0.05) is 0 Å². The molecule has 0 aromatic carbocycles. The van der Waals surface area contributed by atoms with Crippen LogP contribution in [-0.4, -0.2) is 31.1 Å². The molecule has 0 aliphatic carbocycles. The van der Waals surface area contributed by atoms with Crippen molar-refractivity contribution >= 4 is 28.9 Å². The largest absolute Gasteiger partial charge is 0.465 e. The predicted molar refractivity (Wildman–Crippen MR) is 69.9 cm³/mol. The van der Waals surface area contributed by atoms with Crippen LogP contribution in [0.3, 0.4) is 0 Å². The van der Waals surface area contributed by atoms with Gasteiger partial charge in [-0.25, -0.2) is 4.79 Å². The van der Waals surface area contributed by atoms with Gasteiger partial charge in [-0.15, -0.1) is 11.3 Å². The fourth-order valence-electron chi connectivity index (χ4n) is 2.01. The Kier molecular flexibility index (Phi) is 3.68. The Hall–Kier alpha value is -1.40. The van der Waals surface area contributed by atoms with Gasteiger partial charge in [-0.2, -0.15) is 0 Å². The van der Waals surface area contributed by atoms with Gasteiger partial charge < -0.3 is 15.4 Å². The quantitative estimate of drug-likeness (QED) is 0.817. The minimum atomic E-state index is -0.546. The maximum Gasteiger partial charge on any atom is 0.350 e. The van der Waals surface area contributed by atoms with Crippen molar-refractivity contribution in [2.24, 2.45) is 0 Å². The minimum absolute atomic E-state index is 0.108. The Bertz CT molecular complexity index is 464. The van der Waals surface area contributed by atoms with Crippen LogP contribution in [0.4, 0.5) is 5.69 Å². The standard InChI is InChI=1S/C12H16N2O3S/c1-12(5-3-6-13-12)11(16)14-8-4-7-18-9(8)10(15)17-2/h4,7,13H,3,5-6H2,1-2H3,(H,14,16). The first-order chi connectivity index (χ1) is 8.57. The van der Waals surface area contributed by atoms with Crippen molar-refractivity contribution in [1.82, 2.24) is 5.32 Å². The van der Waals surface area contributed by atoms with Crippen molar-refractivity contribution in [1.29, 1.82) is 0 Å². The average Bonchev–Trinajstić information content (AvgIpc) is 2.98. The number of carbonyl (C=O) groups is 2. The second-order valence-electron chi connectivity index (χ2n) is 4.47.